The highest BCUT2D eigenvalue weighted by Crippen LogP contribution is 2.10. The molecule has 3 aromatic rings. The fourth-order valence-corrected chi connectivity index (χ4v) is 3.64. The van der Waals surface area contributed by atoms with Gasteiger partial charge in [0.25, 0.3) is 0 Å². The van der Waals surface area contributed by atoms with E-state index in [-0.39, 0.29) is 4.90 Å². The van der Waals surface area contributed by atoms with Gasteiger partial charge in [-0.25, -0.2) is 27.0 Å². The number of fused-ring (bicyclic) bond motifs is 1. The standard InChI is InChI=1S/C18H20FN5O3S/c1-13-8-17-21-10-14(12-24(17)23-13)4-3-7-20-18(25)11-22-28(26,27)16-6-2-5-15(19)9-16/h2,5-6,8-10,12,22H,3-4,7,11H2,1H3,(H,20,25). The molecule has 2 aromatic heterocycles. The molecule has 0 saturated heterocycles. The zero-order valence-electron chi connectivity index (χ0n) is 15.2. The first-order valence-electron chi connectivity index (χ1n) is 8.66. The average Bonchev–Trinajstić information content (AvgIpc) is 3.03. The van der Waals surface area contributed by atoms with Crippen LogP contribution in [0.3, 0.4) is 0 Å². The predicted molar refractivity (Wildman–Crippen MR) is 101 cm³/mol. The third kappa shape index (κ3) is 5.11. The quantitative estimate of drug-likeness (QED) is 0.548. The van der Waals surface area contributed by atoms with Crippen molar-refractivity contribution in [2.24, 2.45) is 0 Å². The molecule has 1 aromatic carbocycles. The molecule has 0 aliphatic rings. The second-order valence-corrected chi connectivity index (χ2v) is 8.05. The molecule has 0 spiro atoms. The van der Waals surface area contributed by atoms with Crippen molar-refractivity contribution in [2.75, 3.05) is 13.1 Å². The number of carbonyl (C=O) groups excluding carboxylic acids is 1. The van der Waals surface area contributed by atoms with Gasteiger partial charge in [0.05, 0.1) is 17.1 Å². The fraction of sp³-hybridized carbons (Fsp3) is 0.278. The Hall–Kier alpha value is -2.85. The Morgan fingerprint density at radius 2 is 2.11 bits per heavy atom. The Morgan fingerprint density at radius 3 is 2.89 bits per heavy atom. The maximum Gasteiger partial charge on any atom is 0.241 e. The Kier molecular flexibility index (Phi) is 6.00. The summed E-state index contributed by atoms with van der Waals surface area (Å²) in [6, 6.07) is 6.48. The van der Waals surface area contributed by atoms with E-state index in [4.69, 9.17) is 0 Å². The van der Waals surface area contributed by atoms with Crippen molar-refractivity contribution in [1.29, 1.82) is 0 Å². The van der Waals surface area contributed by atoms with E-state index in [1.54, 1.807) is 10.7 Å². The molecule has 0 unspecified atom stereocenters. The number of nitrogens with zero attached hydrogens (tertiary/aromatic N) is 3. The van der Waals surface area contributed by atoms with Gasteiger partial charge >= 0.3 is 0 Å². The van der Waals surface area contributed by atoms with E-state index in [9.17, 15) is 17.6 Å². The Morgan fingerprint density at radius 1 is 1.29 bits per heavy atom. The number of hydrogen-bond acceptors (Lipinski definition) is 5. The van der Waals surface area contributed by atoms with Crippen LogP contribution in [0.4, 0.5) is 4.39 Å². The molecule has 0 atom stereocenters. The first-order valence-corrected chi connectivity index (χ1v) is 10.1. The molecule has 0 aliphatic carbocycles. The molecule has 148 valence electrons. The Balaban J connectivity index is 1.42. The summed E-state index contributed by atoms with van der Waals surface area (Å²) in [6.45, 7) is 1.86. The number of nitrogens with one attached hydrogen (secondary N) is 2. The molecule has 28 heavy (non-hydrogen) atoms. The monoisotopic (exact) mass is 405 g/mol. The van der Waals surface area contributed by atoms with E-state index in [0.717, 1.165) is 29.0 Å². The van der Waals surface area contributed by atoms with Crippen molar-refractivity contribution < 1.29 is 17.6 Å². The van der Waals surface area contributed by atoms with Crippen LogP contribution in [0.2, 0.25) is 0 Å². The van der Waals surface area contributed by atoms with Gasteiger partial charge in [-0.05, 0) is 43.5 Å². The van der Waals surface area contributed by atoms with Crippen molar-refractivity contribution in [1.82, 2.24) is 24.6 Å². The highest BCUT2D eigenvalue weighted by atomic mass is 32.2. The van der Waals surface area contributed by atoms with Crippen molar-refractivity contribution in [3.63, 3.8) is 0 Å². The maximum atomic E-state index is 13.1. The number of benzene rings is 1. The summed E-state index contributed by atoms with van der Waals surface area (Å²) in [5.74, 6) is -1.12. The molecule has 0 radical (unpaired) electrons. The second kappa shape index (κ2) is 8.44. The normalized spacial score (nSPS) is 11.6. The number of halogens is 1. The van der Waals surface area contributed by atoms with Gasteiger partial charge in [-0.2, -0.15) is 5.10 Å². The number of aromatic nitrogens is 3. The van der Waals surface area contributed by atoms with Gasteiger partial charge in [0, 0.05) is 25.0 Å². The summed E-state index contributed by atoms with van der Waals surface area (Å²) < 4.78 is 41.1. The highest BCUT2D eigenvalue weighted by molar-refractivity contribution is 7.89. The van der Waals surface area contributed by atoms with E-state index in [1.165, 1.54) is 12.1 Å². The van der Waals surface area contributed by atoms with Gasteiger partial charge in [-0.15, -0.1) is 0 Å². The molecule has 10 heteroatoms. The van der Waals surface area contributed by atoms with Gasteiger partial charge in [0.1, 0.15) is 5.82 Å². The van der Waals surface area contributed by atoms with Crippen molar-refractivity contribution in [2.45, 2.75) is 24.7 Å². The highest BCUT2D eigenvalue weighted by Gasteiger charge is 2.15. The van der Waals surface area contributed by atoms with E-state index >= 15 is 0 Å². The molecule has 0 fully saturated rings. The van der Waals surface area contributed by atoms with Crippen LogP contribution in [0.25, 0.3) is 5.65 Å². The largest absolute Gasteiger partial charge is 0.355 e. The molecular formula is C18H20FN5O3S. The summed E-state index contributed by atoms with van der Waals surface area (Å²) >= 11 is 0. The van der Waals surface area contributed by atoms with Gasteiger partial charge < -0.3 is 5.32 Å². The molecule has 0 aliphatic heterocycles. The number of hydrogen-bond donors (Lipinski definition) is 2. The third-order valence-electron chi connectivity index (χ3n) is 3.98. The average molecular weight is 405 g/mol. The SMILES string of the molecule is Cc1cc2ncc(CCCNC(=O)CNS(=O)(=O)c3cccc(F)c3)cn2n1. The summed E-state index contributed by atoms with van der Waals surface area (Å²) in [5.41, 5.74) is 2.65. The molecule has 0 saturated carbocycles. The predicted octanol–water partition coefficient (Wildman–Crippen LogP) is 1.20. The first kappa shape index (κ1) is 19.9. The van der Waals surface area contributed by atoms with Crippen LogP contribution >= 0.6 is 0 Å². The minimum absolute atomic E-state index is 0.225. The number of sulfonamides is 1. The van der Waals surface area contributed by atoms with Crippen molar-refractivity contribution >= 4 is 21.6 Å². The molecule has 2 heterocycles. The topological polar surface area (TPSA) is 105 Å². The van der Waals surface area contributed by atoms with Crippen LogP contribution in [0.1, 0.15) is 17.7 Å². The van der Waals surface area contributed by atoms with E-state index in [2.05, 4.69) is 20.1 Å². The summed E-state index contributed by atoms with van der Waals surface area (Å²) in [4.78, 5) is 15.9. The van der Waals surface area contributed by atoms with Crippen LogP contribution in [0.5, 0.6) is 0 Å². The zero-order valence-corrected chi connectivity index (χ0v) is 16.0. The minimum Gasteiger partial charge on any atom is -0.355 e. The lowest BCUT2D eigenvalue weighted by Crippen LogP contribution is -2.37. The smallest absolute Gasteiger partial charge is 0.241 e. The summed E-state index contributed by atoms with van der Waals surface area (Å²) in [6.07, 6.45) is 5.02. The number of amides is 1. The molecule has 8 nitrogen and oxygen atoms in total. The van der Waals surface area contributed by atoms with Crippen LogP contribution in [0, 0.1) is 12.7 Å². The minimum atomic E-state index is -3.94. The Labute approximate surface area is 161 Å². The van der Waals surface area contributed by atoms with Gasteiger partial charge in [0.2, 0.25) is 15.9 Å². The lowest BCUT2D eigenvalue weighted by atomic mass is 10.2. The van der Waals surface area contributed by atoms with E-state index in [0.29, 0.717) is 19.4 Å². The van der Waals surface area contributed by atoms with E-state index in [1.807, 2.05) is 19.2 Å². The summed E-state index contributed by atoms with van der Waals surface area (Å²) in [7, 11) is -3.94. The fourth-order valence-electron chi connectivity index (χ4n) is 2.62. The zero-order chi connectivity index (χ0) is 20.1. The van der Waals surface area contributed by atoms with Crippen LogP contribution < -0.4 is 10.0 Å². The van der Waals surface area contributed by atoms with Crippen molar-refractivity contribution in [3.8, 4) is 0 Å². The molecule has 2 N–H and O–H groups in total. The van der Waals surface area contributed by atoms with E-state index < -0.39 is 28.3 Å². The number of rotatable bonds is 8. The lowest BCUT2D eigenvalue weighted by Gasteiger charge is -2.08. The number of aryl methyl sites for hydroxylation is 2. The third-order valence-corrected chi connectivity index (χ3v) is 5.38. The molecule has 0 bridgehead atoms. The second-order valence-electron chi connectivity index (χ2n) is 6.29. The molecule has 1 amide bonds. The first-order chi connectivity index (χ1) is 13.3. The van der Waals surface area contributed by atoms with Crippen LogP contribution in [-0.4, -0.2) is 42.0 Å². The van der Waals surface area contributed by atoms with Gasteiger partial charge in [0.15, 0.2) is 5.65 Å². The Bertz CT molecular complexity index is 1100. The van der Waals surface area contributed by atoms with Crippen LogP contribution in [-0.2, 0) is 21.2 Å². The molecular weight excluding hydrogens is 385 g/mol. The van der Waals surface area contributed by atoms with Crippen LogP contribution in [0.15, 0.2) is 47.6 Å². The molecule has 3 rings (SSSR count). The lowest BCUT2D eigenvalue weighted by molar-refractivity contribution is -0.119. The van der Waals surface area contributed by atoms with Gasteiger partial charge in [-0.3, -0.25) is 4.79 Å². The van der Waals surface area contributed by atoms with Crippen molar-refractivity contribution in [3.05, 3.63) is 59.8 Å². The summed E-state index contributed by atoms with van der Waals surface area (Å²) in [5, 5.41) is 6.95. The maximum absolute atomic E-state index is 13.1. The van der Waals surface area contributed by atoms with Gasteiger partial charge in [-0.1, -0.05) is 6.07 Å². The number of carbonyl (C=O) groups is 1.